The first-order valence-corrected chi connectivity index (χ1v) is 5.65. The molecular weight excluding hydrogens is 195 g/mol. The Hall–Kier alpha value is -0.890. The smallest absolute Gasteiger partial charge is 0.144 e. The van der Waals surface area contributed by atoms with Gasteiger partial charge < -0.3 is 0 Å². The number of benzene rings is 1. The number of thiophene rings is 1. The molecule has 14 heavy (non-hydrogen) atoms. The number of rotatable bonds is 0. The first-order chi connectivity index (χ1) is 6.68. The Morgan fingerprint density at radius 2 is 1.79 bits per heavy atom. The fraction of sp³-hybridized carbons (Fsp3) is 0.333. The summed E-state index contributed by atoms with van der Waals surface area (Å²) in [4.78, 5) is 0.774. The quantitative estimate of drug-likeness (QED) is 0.592. The standard InChI is InChI=1S/C10H9FS.C2H6/c1-6-3-4-9-8(5-6)10(11)7(2)12-9;1-2/h3-5H,1-2H3;1-2H3. The van der Waals surface area contributed by atoms with Gasteiger partial charge in [-0.2, -0.15) is 0 Å². The zero-order chi connectivity index (χ0) is 10.7. The lowest BCUT2D eigenvalue weighted by molar-refractivity contribution is 0.636. The number of fused-ring (bicyclic) bond motifs is 1. The van der Waals surface area contributed by atoms with Crippen molar-refractivity contribution in [2.45, 2.75) is 27.7 Å². The summed E-state index contributed by atoms with van der Waals surface area (Å²) in [5.74, 6) is -0.0568. The molecule has 0 unspecified atom stereocenters. The van der Waals surface area contributed by atoms with Crippen molar-refractivity contribution in [1.29, 1.82) is 0 Å². The molecule has 2 aromatic rings. The van der Waals surface area contributed by atoms with E-state index >= 15 is 0 Å². The average Bonchev–Trinajstić information content (AvgIpc) is 2.48. The zero-order valence-electron chi connectivity index (χ0n) is 9.02. The Kier molecular flexibility index (Phi) is 3.64. The molecule has 2 heteroatoms. The van der Waals surface area contributed by atoms with Gasteiger partial charge in [0.1, 0.15) is 5.82 Å². The highest BCUT2D eigenvalue weighted by Crippen LogP contribution is 2.29. The van der Waals surface area contributed by atoms with E-state index in [1.807, 2.05) is 45.9 Å². The Labute approximate surface area is 88.4 Å². The maximum atomic E-state index is 13.3. The highest BCUT2D eigenvalue weighted by atomic mass is 32.1. The molecule has 2 rings (SSSR count). The molecular formula is C12H15FS. The van der Waals surface area contributed by atoms with Crippen molar-refractivity contribution < 1.29 is 4.39 Å². The summed E-state index contributed by atoms with van der Waals surface area (Å²) in [5.41, 5.74) is 1.11. The van der Waals surface area contributed by atoms with Crippen LogP contribution in [0.3, 0.4) is 0 Å². The highest BCUT2D eigenvalue weighted by Gasteiger charge is 2.07. The molecule has 0 saturated carbocycles. The summed E-state index contributed by atoms with van der Waals surface area (Å²) in [5, 5.41) is 0.762. The topological polar surface area (TPSA) is 0 Å². The third-order valence-corrected chi connectivity index (χ3v) is 3.00. The van der Waals surface area contributed by atoms with Crippen molar-refractivity contribution in [3.05, 3.63) is 34.5 Å². The normalized spacial score (nSPS) is 9.79. The van der Waals surface area contributed by atoms with Gasteiger partial charge in [-0.1, -0.05) is 25.5 Å². The number of hydrogen-bond donors (Lipinski definition) is 0. The summed E-state index contributed by atoms with van der Waals surface area (Å²) < 4.78 is 14.4. The molecule has 1 heterocycles. The summed E-state index contributed by atoms with van der Waals surface area (Å²) >= 11 is 1.51. The van der Waals surface area contributed by atoms with Crippen LogP contribution in [0.4, 0.5) is 4.39 Å². The van der Waals surface area contributed by atoms with E-state index in [1.54, 1.807) is 0 Å². The number of halogens is 1. The van der Waals surface area contributed by atoms with Gasteiger partial charge in [0.2, 0.25) is 0 Å². The zero-order valence-corrected chi connectivity index (χ0v) is 9.83. The van der Waals surface area contributed by atoms with Crippen molar-refractivity contribution in [3.8, 4) is 0 Å². The minimum atomic E-state index is -0.0568. The second kappa shape index (κ2) is 4.56. The van der Waals surface area contributed by atoms with Crippen molar-refractivity contribution in [1.82, 2.24) is 0 Å². The van der Waals surface area contributed by atoms with Crippen LogP contribution < -0.4 is 0 Å². The van der Waals surface area contributed by atoms with Gasteiger partial charge in [-0.25, -0.2) is 4.39 Å². The molecule has 0 aliphatic heterocycles. The third kappa shape index (κ3) is 1.95. The molecule has 0 bridgehead atoms. The molecule has 0 N–H and O–H groups in total. The molecule has 0 radical (unpaired) electrons. The molecule has 1 aromatic carbocycles. The Morgan fingerprint density at radius 3 is 2.43 bits per heavy atom. The van der Waals surface area contributed by atoms with Crippen LogP contribution >= 0.6 is 11.3 Å². The van der Waals surface area contributed by atoms with E-state index in [2.05, 4.69) is 0 Å². The molecule has 0 nitrogen and oxygen atoms in total. The maximum absolute atomic E-state index is 13.3. The molecule has 1 aromatic heterocycles. The van der Waals surface area contributed by atoms with Gasteiger partial charge in [0.15, 0.2) is 0 Å². The Balaban J connectivity index is 0.000000461. The fourth-order valence-electron chi connectivity index (χ4n) is 1.30. The maximum Gasteiger partial charge on any atom is 0.144 e. The summed E-state index contributed by atoms with van der Waals surface area (Å²) in [6.07, 6.45) is 0. The molecule has 0 spiro atoms. The van der Waals surface area contributed by atoms with Gasteiger partial charge in [-0.05, 0) is 26.0 Å². The summed E-state index contributed by atoms with van der Waals surface area (Å²) in [7, 11) is 0. The van der Waals surface area contributed by atoms with E-state index in [-0.39, 0.29) is 5.82 Å². The van der Waals surface area contributed by atoms with Crippen LogP contribution in [0.15, 0.2) is 18.2 Å². The van der Waals surface area contributed by atoms with Gasteiger partial charge in [0.25, 0.3) is 0 Å². The van der Waals surface area contributed by atoms with Crippen molar-refractivity contribution >= 4 is 21.4 Å². The third-order valence-electron chi connectivity index (χ3n) is 1.94. The second-order valence-electron chi connectivity index (χ2n) is 2.97. The van der Waals surface area contributed by atoms with Crippen LogP contribution in [0.1, 0.15) is 24.3 Å². The Morgan fingerprint density at radius 1 is 1.14 bits per heavy atom. The van der Waals surface area contributed by atoms with E-state index in [0.717, 1.165) is 20.5 Å². The van der Waals surface area contributed by atoms with Gasteiger partial charge >= 0.3 is 0 Å². The summed E-state index contributed by atoms with van der Waals surface area (Å²) in [6, 6.07) is 5.89. The minimum Gasteiger partial charge on any atom is -0.205 e. The monoisotopic (exact) mass is 210 g/mol. The lowest BCUT2D eigenvalue weighted by Crippen LogP contribution is -1.73. The molecule has 0 aliphatic rings. The molecule has 0 saturated heterocycles. The van der Waals surface area contributed by atoms with Crippen LogP contribution in [0.2, 0.25) is 0 Å². The van der Waals surface area contributed by atoms with E-state index in [1.165, 1.54) is 11.3 Å². The second-order valence-corrected chi connectivity index (χ2v) is 4.23. The van der Waals surface area contributed by atoms with Gasteiger partial charge in [-0.15, -0.1) is 11.3 Å². The van der Waals surface area contributed by atoms with Crippen LogP contribution in [-0.4, -0.2) is 0 Å². The lowest BCUT2D eigenvalue weighted by atomic mass is 10.2. The minimum absolute atomic E-state index is 0.0568. The summed E-state index contributed by atoms with van der Waals surface area (Å²) in [6.45, 7) is 7.79. The van der Waals surface area contributed by atoms with E-state index in [4.69, 9.17) is 0 Å². The van der Waals surface area contributed by atoms with Crippen molar-refractivity contribution in [2.75, 3.05) is 0 Å². The molecule has 0 atom stereocenters. The van der Waals surface area contributed by atoms with Gasteiger partial charge in [0.05, 0.1) is 0 Å². The molecule has 0 aliphatic carbocycles. The number of aryl methyl sites for hydroxylation is 2. The first-order valence-electron chi connectivity index (χ1n) is 4.84. The average molecular weight is 210 g/mol. The SMILES string of the molecule is CC.Cc1ccc2sc(C)c(F)c2c1. The lowest BCUT2D eigenvalue weighted by Gasteiger charge is -1.91. The fourth-order valence-corrected chi connectivity index (χ4v) is 2.23. The van der Waals surface area contributed by atoms with Crippen LogP contribution in [0.5, 0.6) is 0 Å². The molecule has 0 amide bonds. The van der Waals surface area contributed by atoms with E-state index in [9.17, 15) is 4.39 Å². The molecule has 0 fully saturated rings. The van der Waals surface area contributed by atoms with Crippen molar-refractivity contribution in [3.63, 3.8) is 0 Å². The largest absolute Gasteiger partial charge is 0.205 e. The van der Waals surface area contributed by atoms with Crippen LogP contribution in [0, 0.1) is 19.7 Å². The van der Waals surface area contributed by atoms with E-state index < -0.39 is 0 Å². The van der Waals surface area contributed by atoms with Crippen LogP contribution in [-0.2, 0) is 0 Å². The van der Waals surface area contributed by atoms with Gasteiger partial charge in [0, 0.05) is 15.0 Å². The van der Waals surface area contributed by atoms with Crippen molar-refractivity contribution in [2.24, 2.45) is 0 Å². The van der Waals surface area contributed by atoms with E-state index in [0.29, 0.717) is 0 Å². The van der Waals surface area contributed by atoms with Crippen LogP contribution in [0.25, 0.3) is 10.1 Å². The predicted molar refractivity (Wildman–Crippen MR) is 62.6 cm³/mol. The highest BCUT2D eigenvalue weighted by molar-refractivity contribution is 7.19. The predicted octanol–water partition coefficient (Wildman–Crippen LogP) is 4.68. The first kappa shape index (κ1) is 11.2. The van der Waals surface area contributed by atoms with Gasteiger partial charge in [-0.3, -0.25) is 0 Å². The Bertz CT molecular complexity index is 429. The molecule has 76 valence electrons. The number of hydrogen-bond acceptors (Lipinski definition) is 1.